The second-order valence-corrected chi connectivity index (χ2v) is 17.0. The van der Waals surface area contributed by atoms with Crippen molar-refractivity contribution in [3.05, 3.63) is 59.7 Å². The molecule has 0 amide bonds. The fourth-order valence-electron chi connectivity index (χ4n) is 3.84. The van der Waals surface area contributed by atoms with Crippen molar-refractivity contribution >= 4 is 32.7 Å². The van der Waals surface area contributed by atoms with E-state index >= 15 is 0 Å². The Morgan fingerprint density at radius 1 is 0.604 bits per heavy atom. The van der Waals surface area contributed by atoms with Crippen molar-refractivity contribution in [2.24, 2.45) is 0 Å². The molecule has 0 fully saturated rings. The van der Waals surface area contributed by atoms with Gasteiger partial charge in [0, 0.05) is 6.42 Å². The van der Waals surface area contributed by atoms with Crippen LogP contribution in [0.2, 0.25) is 0 Å². The Kier molecular flexibility index (Phi) is 20.0. The molecule has 0 spiro atoms. The van der Waals surface area contributed by atoms with Gasteiger partial charge in [0.05, 0.1) is 39.6 Å². The molecule has 16 heteroatoms. The Morgan fingerprint density at radius 2 is 1.10 bits per heavy atom. The zero-order chi connectivity index (χ0) is 34.6. The fraction of sp³-hybridized carbons (Fsp3) is 0.625. The van der Waals surface area contributed by atoms with E-state index in [1.54, 1.807) is 8.51 Å². The van der Waals surface area contributed by atoms with Crippen LogP contribution in [0, 0.1) is 13.8 Å². The molecule has 3 atom stereocenters. The van der Waals surface area contributed by atoms with E-state index in [1.807, 2.05) is 66.6 Å². The molecule has 1 aromatic heterocycles. The van der Waals surface area contributed by atoms with Crippen molar-refractivity contribution < 1.29 is 37.6 Å². The van der Waals surface area contributed by atoms with Gasteiger partial charge in [-0.2, -0.15) is 4.51 Å². The number of ether oxygens (including phenoxy) is 2. The van der Waals surface area contributed by atoms with Crippen LogP contribution in [-0.4, -0.2) is 63.2 Å². The summed E-state index contributed by atoms with van der Waals surface area (Å²) in [4.78, 5) is 19.3. The molecule has 3 unspecified atom stereocenters. The van der Waals surface area contributed by atoms with Gasteiger partial charge in [0.15, 0.2) is 8.51 Å². The van der Waals surface area contributed by atoms with Crippen molar-refractivity contribution in [3.63, 3.8) is 0 Å². The van der Waals surface area contributed by atoms with E-state index in [0.29, 0.717) is 48.0 Å². The Hall–Kier alpha value is -1.80. The van der Waals surface area contributed by atoms with Crippen molar-refractivity contribution in [3.8, 4) is 11.5 Å². The largest absolute Gasteiger partial charge is 0.455 e. The van der Waals surface area contributed by atoms with Crippen molar-refractivity contribution in [1.29, 1.82) is 0 Å². The number of rotatable bonds is 23. The Balaban J connectivity index is 2.10. The molecule has 12 nitrogen and oxygen atoms in total. The minimum absolute atomic E-state index is 0.262. The van der Waals surface area contributed by atoms with Crippen molar-refractivity contribution in [2.45, 2.75) is 93.3 Å². The molecule has 0 N–H and O–H groups in total. The second-order valence-electron chi connectivity index (χ2n) is 10.7. The summed E-state index contributed by atoms with van der Waals surface area (Å²) in [6, 6.07) is 15.8. The van der Waals surface area contributed by atoms with Gasteiger partial charge in [-0.1, -0.05) is 71.0 Å². The quantitative estimate of drug-likeness (QED) is 0.0886. The number of hydrogen-bond donors (Lipinski definition) is 0. The first-order valence-corrected chi connectivity index (χ1v) is 21.2. The van der Waals surface area contributed by atoms with Gasteiger partial charge in [0.25, 0.3) is 0 Å². The van der Waals surface area contributed by atoms with E-state index in [-0.39, 0.29) is 6.61 Å². The van der Waals surface area contributed by atoms with E-state index in [9.17, 15) is 0 Å². The summed E-state index contributed by atoms with van der Waals surface area (Å²) in [5.74, 6) is 1.51. The zero-order valence-corrected chi connectivity index (χ0v) is 33.1. The molecule has 1 heterocycles. The Bertz CT molecular complexity index is 1380. The topological polar surface area (TPSA) is 102 Å². The number of benzene rings is 2. The summed E-state index contributed by atoms with van der Waals surface area (Å²) in [5.41, 5.74) is 2.04. The molecule has 3 aromatic rings. The third-order valence-electron chi connectivity index (χ3n) is 6.24. The first kappa shape index (κ1) is 40.6. The average molecular weight is 747 g/mol. The highest BCUT2D eigenvalue weighted by Gasteiger charge is 2.21. The standard InChI is InChI=1S/C32H54N4O8P4/c1-8-22-38-35-46(40-24-10-3)33-45-34(47(41-25-11-4)36(39-23-9-2)48(35)42-26-12-5)37-27-21-32(43-30-19-15-13-17-28(30)6)44-31-20-16-14-18-29(31)7/h13-20,32H,8-12,21-27H2,1-7H3. The van der Waals surface area contributed by atoms with E-state index in [4.69, 9.17) is 42.1 Å². The Labute approximate surface area is 291 Å². The van der Waals surface area contributed by atoms with Crippen LogP contribution in [0.1, 0.15) is 84.3 Å². The van der Waals surface area contributed by atoms with Crippen LogP contribution in [-0.2, 0) is 0 Å². The van der Waals surface area contributed by atoms with Crippen molar-refractivity contribution in [2.75, 3.05) is 39.6 Å². The molecule has 0 bridgehead atoms. The highest BCUT2D eigenvalue weighted by molar-refractivity contribution is 7.57. The van der Waals surface area contributed by atoms with Crippen LogP contribution in [0.3, 0.4) is 0 Å². The molecule has 0 aliphatic heterocycles. The third kappa shape index (κ3) is 13.2. The molecular weight excluding hydrogens is 692 g/mol. The molecule has 270 valence electrons. The van der Waals surface area contributed by atoms with Gasteiger partial charge in [0.1, 0.15) is 11.5 Å². The van der Waals surface area contributed by atoms with Crippen LogP contribution >= 0.6 is 32.7 Å². The monoisotopic (exact) mass is 746 g/mol. The number of hydrogen-bond acceptors (Lipinski definition) is 9. The molecule has 2 aromatic carbocycles. The van der Waals surface area contributed by atoms with E-state index in [1.165, 1.54) is 0 Å². The molecule has 0 saturated carbocycles. The summed E-state index contributed by atoms with van der Waals surface area (Å²) >= 11 is 0. The molecular formula is C32H54N4O8P4. The molecule has 0 aliphatic carbocycles. The smallest absolute Gasteiger partial charge is 0.243 e. The third-order valence-corrected chi connectivity index (χ3v) is 13.3. The van der Waals surface area contributed by atoms with Gasteiger partial charge in [-0.05, 0) is 69.2 Å². The lowest BCUT2D eigenvalue weighted by Gasteiger charge is -2.24. The van der Waals surface area contributed by atoms with E-state index in [0.717, 1.165) is 54.7 Å². The summed E-state index contributed by atoms with van der Waals surface area (Å²) < 4.78 is 42.4. The predicted molar refractivity (Wildman–Crippen MR) is 196 cm³/mol. The minimum Gasteiger partial charge on any atom is -0.455 e. The lowest BCUT2D eigenvalue weighted by Crippen LogP contribution is -2.29. The first-order valence-electron chi connectivity index (χ1n) is 16.9. The molecule has 3 rings (SSSR count). The highest BCUT2D eigenvalue weighted by Crippen LogP contribution is 2.39. The Morgan fingerprint density at radius 3 is 1.65 bits per heavy atom. The molecule has 48 heavy (non-hydrogen) atoms. The van der Waals surface area contributed by atoms with Crippen LogP contribution in [0.15, 0.2) is 48.5 Å². The van der Waals surface area contributed by atoms with Crippen molar-refractivity contribution in [1.82, 2.24) is 17.3 Å². The van der Waals surface area contributed by atoms with Crippen LogP contribution in [0.5, 0.6) is 11.5 Å². The first-order chi connectivity index (χ1) is 23.5. The normalized spacial score (nSPS) is 12.5. The van der Waals surface area contributed by atoms with Gasteiger partial charge < -0.3 is 23.0 Å². The summed E-state index contributed by atoms with van der Waals surface area (Å²) in [6.45, 7) is 17.2. The average Bonchev–Trinajstić information content (AvgIpc) is 3.09. The van der Waals surface area contributed by atoms with Gasteiger partial charge in [-0.3, -0.25) is 14.5 Å². The lowest BCUT2D eigenvalue weighted by molar-refractivity contribution is -0.0206. The maximum atomic E-state index is 6.53. The van der Waals surface area contributed by atoms with Crippen LogP contribution in [0.4, 0.5) is 0 Å². The SMILES string of the molecule is CCCOn1p(OCCC)npn(OCCC(Oc2ccccc2C)Oc2ccccc2C)p(OCCC)n(OCCC)p1OCCC. The van der Waals surface area contributed by atoms with Gasteiger partial charge in [-0.25, -0.2) is 0 Å². The van der Waals surface area contributed by atoms with Crippen LogP contribution < -0.4 is 37.6 Å². The number of nitrogens with zero attached hydrogens (tertiary/aromatic N) is 4. The van der Waals surface area contributed by atoms with Gasteiger partial charge in [0.2, 0.25) is 30.5 Å². The highest BCUT2D eigenvalue weighted by atomic mass is 31.2. The van der Waals surface area contributed by atoms with Gasteiger partial charge >= 0.3 is 0 Å². The minimum atomic E-state index is -1.66. The predicted octanol–water partition coefficient (Wildman–Crippen LogP) is 8.39. The molecule has 0 aliphatic rings. The van der Waals surface area contributed by atoms with E-state index in [2.05, 4.69) is 34.6 Å². The van der Waals surface area contributed by atoms with E-state index < -0.39 is 30.5 Å². The lowest BCUT2D eigenvalue weighted by atomic mass is 10.2. The molecule has 0 saturated heterocycles. The fourth-order valence-corrected chi connectivity index (χ4v) is 11.7. The maximum absolute atomic E-state index is 6.53. The number of para-hydroxylation sites is 2. The molecule has 0 radical (unpaired) electrons. The number of aryl methyl sites for hydroxylation is 2. The van der Waals surface area contributed by atoms with Crippen LogP contribution in [0.25, 0.3) is 0 Å². The summed E-state index contributed by atoms with van der Waals surface area (Å²) in [6.07, 6.45) is 3.92. The zero-order valence-electron chi connectivity index (χ0n) is 29.5. The van der Waals surface area contributed by atoms with Gasteiger partial charge in [-0.15, -0.1) is 12.8 Å². The number of aromatic nitrogens is 4. The second kappa shape index (κ2) is 23.6. The summed E-state index contributed by atoms with van der Waals surface area (Å²) in [5, 5.41) is 0. The summed E-state index contributed by atoms with van der Waals surface area (Å²) in [7, 11) is -4.36. The maximum Gasteiger partial charge on any atom is 0.243 e.